The summed E-state index contributed by atoms with van der Waals surface area (Å²) >= 11 is 6.01. The van der Waals surface area contributed by atoms with Crippen molar-refractivity contribution in [1.29, 1.82) is 0 Å². The molecule has 0 radical (unpaired) electrons. The molecule has 0 saturated carbocycles. The lowest BCUT2D eigenvalue weighted by Gasteiger charge is -2.30. The first kappa shape index (κ1) is 24.5. The summed E-state index contributed by atoms with van der Waals surface area (Å²) in [6, 6.07) is 21.7. The number of benzene rings is 3. The van der Waals surface area contributed by atoms with Crippen LogP contribution in [0.5, 0.6) is 5.75 Å². The van der Waals surface area contributed by atoms with Crippen molar-refractivity contribution in [3.63, 3.8) is 0 Å². The number of amides is 2. The predicted molar refractivity (Wildman–Crippen MR) is 134 cm³/mol. The van der Waals surface area contributed by atoms with Crippen LogP contribution < -0.4 is 15.0 Å². The van der Waals surface area contributed by atoms with Gasteiger partial charge in [-0.15, -0.1) is 0 Å². The Morgan fingerprint density at radius 2 is 1.71 bits per heavy atom. The van der Waals surface area contributed by atoms with E-state index in [0.717, 1.165) is 11.1 Å². The minimum atomic E-state index is -0.517. The molecule has 7 nitrogen and oxygen atoms in total. The molecule has 3 aromatic carbocycles. The fraction of sp³-hybridized carbons (Fsp3) is 0.185. The molecule has 2 amide bonds. The van der Waals surface area contributed by atoms with E-state index in [-0.39, 0.29) is 24.1 Å². The number of nitrogens with one attached hydrogen (secondary N) is 1. The van der Waals surface area contributed by atoms with E-state index in [1.165, 1.54) is 14.2 Å². The van der Waals surface area contributed by atoms with Gasteiger partial charge in [0.15, 0.2) is 17.8 Å². The molecule has 1 aliphatic rings. The monoisotopic (exact) mass is 492 g/mol. The average Bonchev–Trinajstić information content (AvgIpc) is 2.88. The highest BCUT2D eigenvalue weighted by Gasteiger charge is 2.30. The maximum absolute atomic E-state index is 13.4. The number of hydrogen-bond acceptors (Lipinski definition) is 5. The highest BCUT2D eigenvalue weighted by atomic mass is 35.5. The molecule has 3 aromatic rings. The van der Waals surface area contributed by atoms with E-state index in [9.17, 15) is 9.59 Å². The maximum atomic E-state index is 13.4. The van der Waals surface area contributed by atoms with Crippen LogP contribution in [0.2, 0.25) is 5.02 Å². The van der Waals surface area contributed by atoms with Gasteiger partial charge in [0.05, 0.1) is 18.8 Å². The lowest BCUT2D eigenvalue weighted by atomic mass is 10.1. The van der Waals surface area contributed by atoms with Crippen LogP contribution in [0.3, 0.4) is 0 Å². The van der Waals surface area contributed by atoms with Crippen molar-refractivity contribution < 1.29 is 23.8 Å². The van der Waals surface area contributed by atoms with Gasteiger partial charge in [0, 0.05) is 24.8 Å². The molecule has 0 saturated heterocycles. The quantitative estimate of drug-likeness (QED) is 0.366. The number of fused-ring (bicyclic) bond motifs is 1. The molecule has 0 fully saturated rings. The van der Waals surface area contributed by atoms with E-state index in [2.05, 4.69) is 5.32 Å². The average molecular weight is 493 g/mol. The number of anilines is 1. The summed E-state index contributed by atoms with van der Waals surface area (Å²) in [5.74, 6) is 0.272. The SMILES string of the molecule is COC(CNC(=O)c1ccc(/C=C2\Oc3ccccc3N(Cc3ccc(Cl)cc3)C2=O)cc1)OC. The van der Waals surface area contributed by atoms with E-state index in [1.807, 2.05) is 36.4 Å². The number of carbonyl (C=O) groups is 2. The minimum absolute atomic E-state index is 0.192. The highest BCUT2D eigenvalue weighted by molar-refractivity contribution is 6.30. The molecule has 0 unspecified atom stereocenters. The highest BCUT2D eigenvalue weighted by Crippen LogP contribution is 2.36. The van der Waals surface area contributed by atoms with Gasteiger partial charge in [0.25, 0.3) is 11.8 Å². The second kappa shape index (κ2) is 11.2. The van der Waals surface area contributed by atoms with Crippen LogP contribution in [0, 0.1) is 0 Å². The normalized spacial score (nSPS) is 14.1. The Hall–Kier alpha value is -3.65. The summed E-state index contributed by atoms with van der Waals surface area (Å²) in [5.41, 5.74) is 2.84. The van der Waals surface area contributed by atoms with Gasteiger partial charge in [-0.25, -0.2) is 0 Å². The Morgan fingerprint density at radius 1 is 1.03 bits per heavy atom. The summed E-state index contributed by atoms with van der Waals surface area (Å²) in [7, 11) is 3.01. The van der Waals surface area contributed by atoms with E-state index in [4.69, 9.17) is 25.8 Å². The van der Waals surface area contributed by atoms with Gasteiger partial charge in [0.1, 0.15) is 0 Å². The topological polar surface area (TPSA) is 77.1 Å². The van der Waals surface area contributed by atoms with Crippen molar-refractivity contribution >= 4 is 35.2 Å². The molecule has 0 bridgehead atoms. The summed E-state index contributed by atoms with van der Waals surface area (Å²) in [6.45, 7) is 0.597. The van der Waals surface area contributed by atoms with E-state index >= 15 is 0 Å². The van der Waals surface area contributed by atoms with Crippen molar-refractivity contribution in [2.75, 3.05) is 25.7 Å². The summed E-state index contributed by atoms with van der Waals surface area (Å²) < 4.78 is 16.1. The van der Waals surface area contributed by atoms with Gasteiger partial charge in [-0.2, -0.15) is 0 Å². The zero-order valence-corrected chi connectivity index (χ0v) is 20.1. The van der Waals surface area contributed by atoms with Crippen LogP contribution in [0.4, 0.5) is 5.69 Å². The Morgan fingerprint density at radius 3 is 2.40 bits per heavy atom. The lowest BCUT2D eigenvalue weighted by Crippen LogP contribution is -2.36. The van der Waals surface area contributed by atoms with E-state index in [1.54, 1.807) is 47.4 Å². The van der Waals surface area contributed by atoms with Crippen molar-refractivity contribution in [2.24, 2.45) is 0 Å². The third kappa shape index (κ3) is 5.89. The zero-order valence-electron chi connectivity index (χ0n) is 19.4. The molecule has 180 valence electrons. The van der Waals surface area contributed by atoms with E-state index < -0.39 is 6.29 Å². The molecule has 35 heavy (non-hydrogen) atoms. The number of methoxy groups -OCH3 is 2. The van der Waals surface area contributed by atoms with Crippen LogP contribution in [0.15, 0.2) is 78.6 Å². The second-order valence-corrected chi connectivity index (χ2v) is 8.27. The van der Waals surface area contributed by atoms with Crippen molar-refractivity contribution in [3.8, 4) is 5.75 Å². The van der Waals surface area contributed by atoms with Crippen LogP contribution in [0.1, 0.15) is 21.5 Å². The van der Waals surface area contributed by atoms with Crippen molar-refractivity contribution in [2.45, 2.75) is 12.8 Å². The fourth-order valence-electron chi connectivity index (χ4n) is 3.61. The van der Waals surface area contributed by atoms with Gasteiger partial charge in [-0.3, -0.25) is 14.5 Å². The smallest absolute Gasteiger partial charge is 0.294 e. The third-order valence-electron chi connectivity index (χ3n) is 5.51. The molecule has 1 aliphatic heterocycles. The molecule has 1 N–H and O–H groups in total. The molecule has 0 aliphatic carbocycles. The molecule has 0 aromatic heterocycles. The molecule has 1 heterocycles. The zero-order chi connectivity index (χ0) is 24.8. The number of hydrogen-bond donors (Lipinski definition) is 1. The molecule has 8 heteroatoms. The summed E-state index contributed by atoms with van der Waals surface area (Å²) in [4.78, 5) is 27.4. The number of nitrogens with zero attached hydrogens (tertiary/aromatic N) is 1. The summed E-state index contributed by atoms with van der Waals surface area (Å²) in [5, 5.41) is 3.39. The Bertz CT molecular complexity index is 1220. The minimum Gasteiger partial charge on any atom is -0.449 e. The van der Waals surface area contributed by atoms with E-state index in [0.29, 0.717) is 28.6 Å². The number of halogens is 1. The second-order valence-electron chi connectivity index (χ2n) is 7.83. The van der Waals surface area contributed by atoms with Gasteiger partial charge >= 0.3 is 0 Å². The first-order chi connectivity index (χ1) is 17.0. The first-order valence-electron chi connectivity index (χ1n) is 11.0. The Balaban J connectivity index is 1.53. The Labute approximate surface area is 208 Å². The Kier molecular flexibility index (Phi) is 7.82. The maximum Gasteiger partial charge on any atom is 0.294 e. The van der Waals surface area contributed by atoms with Crippen LogP contribution in [-0.2, 0) is 20.8 Å². The standard InChI is InChI=1S/C27H25ClN2O5/c1-33-25(34-2)16-29-26(31)20-11-7-18(8-12-20)15-24-27(32)30(17-19-9-13-21(28)14-10-19)22-5-3-4-6-23(22)35-24/h3-15,25H,16-17H2,1-2H3,(H,29,31)/b24-15-. The molecular weight excluding hydrogens is 468 g/mol. The number of ether oxygens (including phenoxy) is 3. The van der Waals surface area contributed by atoms with Crippen molar-refractivity contribution in [3.05, 3.63) is 100 Å². The third-order valence-corrected chi connectivity index (χ3v) is 5.76. The predicted octanol–water partition coefficient (Wildman–Crippen LogP) is 4.66. The van der Waals surface area contributed by atoms with Crippen molar-refractivity contribution in [1.82, 2.24) is 5.32 Å². The number of carbonyl (C=O) groups excluding carboxylic acids is 2. The van der Waals surface area contributed by atoms with Crippen LogP contribution in [-0.4, -0.2) is 38.9 Å². The summed E-state index contributed by atoms with van der Waals surface area (Å²) in [6.07, 6.45) is 1.15. The molecule has 0 atom stereocenters. The number of rotatable bonds is 8. The van der Waals surface area contributed by atoms with Crippen LogP contribution in [0.25, 0.3) is 6.08 Å². The number of para-hydroxylation sites is 2. The van der Waals surface area contributed by atoms with Crippen LogP contribution >= 0.6 is 11.6 Å². The lowest BCUT2D eigenvalue weighted by molar-refractivity contribution is -0.117. The molecule has 0 spiro atoms. The van der Waals surface area contributed by atoms with Gasteiger partial charge in [0.2, 0.25) is 0 Å². The molecular formula is C27H25ClN2O5. The van der Waals surface area contributed by atoms with Gasteiger partial charge in [-0.1, -0.05) is 48.0 Å². The first-order valence-corrected chi connectivity index (χ1v) is 11.3. The fourth-order valence-corrected chi connectivity index (χ4v) is 3.74. The van der Waals surface area contributed by atoms with Gasteiger partial charge in [-0.05, 0) is 53.6 Å². The molecule has 4 rings (SSSR count). The van der Waals surface area contributed by atoms with Gasteiger partial charge < -0.3 is 19.5 Å². The largest absolute Gasteiger partial charge is 0.449 e.